The Morgan fingerprint density at radius 2 is 2.07 bits per heavy atom. The van der Waals surface area contributed by atoms with Gasteiger partial charge in [0.1, 0.15) is 23.4 Å². The monoisotopic (exact) mass is 399 g/mol. The molecule has 1 atom stereocenters. The second kappa shape index (κ2) is 8.97. The molecular formula is C23H25N7. The Hall–Kier alpha value is -3.37. The van der Waals surface area contributed by atoms with Crippen LogP contribution in [0.1, 0.15) is 53.8 Å². The van der Waals surface area contributed by atoms with Gasteiger partial charge in [0, 0.05) is 18.8 Å². The summed E-state index contributed by atoms with van der Waals surface area (Å²) in [5.41, 5.74) is 4.55. The number of anilines is 2. The van der Waals surface area contributed by atoms with Crippen LogP contribution in [0.15, 0.2) is 42.7 Å². The zero-order valence-electron chi connectivity index (χ0n) is 17.3. The fraction of sp³-hybridized carbons (Fsp3) is 0.348. The molecule has 0 spiro atoms. The van der Waals surface area contributed by atoms with Crippen LogP contribution in [0.3, 0.4) is 0 Å². The van der Waals surface area contributed by atoms with Crippen molar-refractivity contribution >= 4 is 11.5 Å². The topological polar surface area (TPSA) is 90.6 Å². The van der Waals surface area contributed by atoms with Crippen LogP contribution in [0.5, 0.6) is 0 Å². The summed E-state index contributed by atoms with van der Waals surface area (Å²) in [6.45, 7) is 5.89. The van der Waals surface area contributed by atoms with Gasteiger partial charge in [-0.25, -0.2) is 15.0 Å². The molecule has 7 heteroatoms. The van der Waals surface area contributed by atoms with Gasteiger partial charge in [0.25, 0.3) is 0 Å². The van der Waals surface area contributed by atoms with Crippen LogP contribution in [0.2, 0.25) is 0 Å². The minimum absolute atomic E-state index is 0.237. The maximum atomic E-state index is 8.92. The fourth-order valence-corrected chi connectivity index (χ4v) is 3.90. The highest BCUT2D eigenvalue weighted by atomic mass is 15.2. The van der Waals surface area contributed by atoms with Crippen LogP contribution < -0.4 is 5.32 Å². The van der Waals surface area contributed by atoms with E-state index in [4.69, 9.17) is 10.2 Å². The predicted octanol–water partition coefficient (Wildman–Crippen LogP) is 4.23. The number of aryl methyl sites for hydroxylation is 2. The van der Waals surface area contributed by atoms with Crippen molar-refractivity contribution in [3.05, 3.63) is 71.2 Å². The van der Waals surface area contributed by atoms with Gasteiger partial charge in [-0.15, -0.1) is 0 Å². The number of nitrogens with zero attached hydrogens (tertiary/aromatic N) is 6. The van der Waals surface area contributed by atoms with E-state index in [1.165, 1.54) is 18.4 Å². The fourth-order valence-electron chi connectivity index (χ4n) is 3.90. The lowest BCUT2D eigenvalue weighted by Gasteiger charge is -2.35. The number of likely N-dealkylation sites (tertiary alicyclic amines) is 1. The molecule has 7 nitrogen and oxygen atoms in total. The lowest BCUT2D eigenvalue weighted by molar-refractivity contribution is 0.135. The molecule has 0 aliphatic carbocycles. The average Bonchev–Trinajstić information content (AvgIpc) is 2.76. The Balaban J connectivity index is 1.58. The van der Waals surface area contributed by atoms with Crippen molar-refractivity contribution in [1.29, 1.82) is 5.26 Å². The molecule has 3 aromatic heterocycles. The summed E-state index contributed by atoms with van der Waals surface area (Å²) < 4.78 is 0. The van der Waals surface area contributed by atoms with E-state index in [0.717, 1.165) is 48.2 Å². The number of hydrogen-bond donors (Lipinski definition) is 1. The van der Waals surface area contributed by atoms with E-state index in [9.17, 15) is 0 Å². The van der Waals surface area contributed by atoms with Crippen molar-refractivity contribution in [2.24, 2.45) is 0 Å². The first-order valence-corrected chi connectivity index (χ1v) is 10.3. The minimum Gasteiger partial charge on any atom is -0.339 e. The molecule has 0 amide bonds. The lowest BCUT2D eigenvalue weighted by Crippen LogP contribution is -2.34. The van der Waals surface area contributed by atoms with E-state index in [-0.39, 0.29) is 6.04 Å². The zero-order chi connectivity index (χ0) is 20.9. The van der Waals surface area contributed by atoms with Gasteiger partial charge >= 0.3 is 0 Å². The van der Waals surface area contributed by atoms with Crippen molar-refractivity contribution in [1.82, 2.24) is 24.8 Å². The molecule has 0 unspecified atom stereocenters. The molecule has 4 rings (SSSR count). The third-order valence-electron chi connectivity index (χ3n) is 5.43. The first kappa shape index (κ1) is 19.9. The summed E-state index contributed by atoms with van der Waals surface area (Å²) in [5, 5.41) is 12.2. The summed E-state index contributed by atoms with van der Waals surface area (Å²) in [6.07, 6.45) is 6.96. The Bertz CT molecular complexity index is 1060. The number of hydrogen-bond acceptors (Lipinski definition) is 7. The minimum atomic E-state index is 0.237. The number of nitrogens with one attached hydrogen (secondary N) is 1. The Morgan fingerprint density at radius 1 is 1.17 bits per heavy atom. The van der Waals surface area contributed by atoms with Gasteiger partial charge in [0.05, 0.1) is 29.3 Å². The maximum Gasteiger partial charge on any atom is 0.140 e. The molecule has 0 radical (unpaired) electrons. The standard InChI is InChI=1S/C23H25N7/c1-16-6-5-10-25-21(16)15-30-11-4-3-7-22(30)20-12-23(28-17(2)27-20)29-19-9-8-18(13-24)26-14-19/h5-6,8-10,12,14,22H,3-4,7,11,15H2,1-2H3,(H,27,28,29)/t22-/m1/s1. The SMILES string of the molecule is Cc1nc(Nc2ccc(C#N)nc2)cc([C@H]2CCCCN2Cc2ncccc2C)n1. The van der Waals surface area contributed by atoms with E-state index < -0.39 is 0 Å². The average molecular weight is 400 g/mol. The van der Waals surface area contributed by atoms with Crippen molar-refractivity contribution in [3.63, 3.8) is 0 Å². The van der Waals surface area contributed by atoms with E-state index in [0.29, 0.717) is 5.69 Å². The first-order valence-electron chi connectivity index (χ1n) is 10.3. The van der Waals surface area contributed by atoms with Crippen molar-refractivity contribution in [2.75, 3.05) is 11.9 Å². The third-order valence-corrected chi connectivity index (χ3v) is 5.43. The van der Waals surface area contributed by atoms with Gasteiger partial charge in [0.15, 0.2) is 0 Å². The number of pyridine rings is 2. The molecule has 0 aromatic carbocycles. The molecule has 30 heavy (non-hydrogen) atoms. The quantitative estimate of drug-likeness (QED) is 0.686. The molecule has 1 saturated heterocycles. The zero-order valence-corrected chi connectivity index (χ0v) is 17.3. The van der Waals surface area contributed by atoms with Gasteiger partial charge in [-0.1, -0.05) is 12.5 Å². The van der Waals surface area contributed by atoms with Crippen LogP contribution in [-0.2, 0) is 6.54 Å². The third kappa shape index (κ3) is 4.61. The summed E-state index contributed by atoms with van der Waals surface area (Å²) in [4.78, 5) is 20.5. The predicted molar refractivity (Wildman–Crippen MR) is 115 cm³/mol. The lowest BCUT2D eigenvalue weighted by atomic mass is 9.98. The Morgan fingerprint density at radius 3 is 2.83 bits per heavy atom. The smallest absolute Gasteiger partial charge is 0.140 e. The highest BCUT2D eigenvalue weighted by Crippen LogP contribution is 2.32. The van der Waals surface area contributed by atoms with Crippen LogP contribution in [0.4, 0.5) is 11.5 Å². The maximum absolute atomic E-state index is 8.92. The van der Waals surface area contributed by atoms with E-state index in [1.54, 1.807) is 12.3 Å². The number of rotatable bonds is 5. The van der Waals surface area contributed by atoms with Gasteiger partial charge in [-0.3, -0.25) is 9.88 Å². The normalized spacial score (nSPS) is 16.8. The Kier molecular flexibility index (Phi) is 5.96. The highest BCUT2D eigenvalue weighted by Gasteiger charge is 2.26. The molecule has 1 N–H and O–H groups in total. The number of piperidine rings is 1. The molecule has 4 heterocycles. The van der Waals surface area contributed by atoms with E-state index in [1.807, 2.05) is 37.4 Å². The van der Waals surface area contributed by atoms with Crippen LogP contribution in [0.25, 0.3) is 0 Å². The van der Waals surface area contributed by atoms with Crippen LogP contribution >= 0.6 is 0 Å². The highest BCUT2D eigenvalue weighted by molar-refractivity contribution is 5.55. The largest absolute Gasteiger partial charge is 0.339 e. The van der Waals surface area contributed by atoms with Gasteiger partial charge in [0.2, 0.25) is 0 Å². The summed E-state index contributed by atoms with van der Waals surface area (Å²) in [5.74, 6) is 1.47. The second-order valence-electron chi connectivity index (χ2n) is 7.64. The number of aromatic nitrogens is 4. The molecule has 3 aromatic rings. The van der Waals surface area contributed by atoms with Gasteiger partial charge in [-0.2, -0.15) is 5.26 Å². The second-order valence-corrected chi connectivity index (χ2v) is 7.64. The summed E-state index contributed by atoms with van der Waals surface area (Å²) in [6, 6.07) is 11.9. The van der Waals surface area contributed by atoms with Gasteiger partial charge in [-0.05, 0) is 57.0 Å². The first-order chi connectivity index (χ1) is 14.6. The molecule has 1 aliphatic rings. The van der Waals surface area contributed by atoms with Crippen molar-refractivity contribution < 1.29 is 0 Å². The summed E-state index contributed by atoms with van der Waals surface area (Å²) >= 11 is 0. The molecule has 0 bridgehead atoms. The number of nitriles is 1. The molecule has 0 saturated carbocycles. The van der Waals surface area contributed by atoms with Gasteiger partial charge < -0.3 is 5.32 Å². The molecule has 152 valence electrons. The van der Waals surface area contributed by atoms with Crippen LogP contribution in [-0.4, -0.2) is 31.4 Å². The Labute approximate surface area is 176 Å². The van der Waals surface area contributed by atoms with Crippen molar-refractivity contribution in [2.45, 2.75) is 45.7 Å². The molecule has 1 aliphatic heterocycles. The molecular weight excluding hydrogens is 374 g/mol. The van der Waals surface area contributed by atoms with E-state index in [2.05, 4.69) is 38.2 Å². The van der Waals surface area contributed by atoms with Crippen molar-refractivity contribution in [3.8, 4) is 6.07 Å². The molecule has 1 fully saturated rings. The van der Waals surface area contributed by atoms with Crippen LogP contribution in [0, 0.1) is 25.2 Å². The van der Waals surface area contributed by atoms with E-state index >= 15 is 0 Å². The summed E-state index contributed by atoms with van der Waals surface area (Å²) in [7, 11) is 0.